The molecule has 1 aliphatic heterocycles. The van der Waals surface area contributed by atoms with Crippen LogP contribution in [0.3, 0.4) is 0 Å². The van der Waals surface area contributed by atoms with E-state index in [0.29, 0.717) is 24.1 Å². The quantitative estimate of drug-likeness (QED) is 0.601. The van der Waals surface area contributed by atoms with E-state index in [0.717, 1.165) is 11.1 Å². The van der Waals surface area contributed by atoms with Gasteiger partial charge in [-0.3, -0.25) is 4.79 Å². The molecule has 0 radical (unpaired) electrons. The number of hydrogen-bond acceptors (Lipinski definition) is 4. The van der Waals surface area contributed by atoms with Crippen molar-refractivity contribution in [1.82, 2.24) is 4.90 Å². The van der Waals surface area contributed by atoms with Gasteiger partial charge in [-0.05, 0) is 53.3 Å². The molecule has 0 aliphatic carbocycles. The lowest BCUT2D eigenvalue weighted by molar-refractivity contribution is 0.0252. The molecule has 5 heteroatoms. The minimum Gasteiger partial charge on any atom is -0.454 e. The van der Waals surface area contributed by atoms with Gasteiger partial charge in [0, 0.05) is 23.9 Å². The normalized spacial score (nSPS) is 15.6. The van der Waals surface area contributed by atoms with Crippen LogP contribution in [-0.2, 0) is 17.7 Å². The Bertz CT molecular complexity index is 1030. The Morgan fingerprint density at radius 2 is 1.96 bits per heavy atom. The van der Waals surface area contributed by atoms with Crippen molar-refractivity contribution in [2.45, 2.75) is 26.0 Å². The van der Waals surface area contributed by atoms with Gasteiger partial charge < -0.3 is 9.64 Å². The molecule has 0 saturated heterocycles. The van der Waals surface area contributed by atoms with E-state index >= 15 is 0 Å². The van der Waals surface area contributed by atoms with E-state index < -0.39 is 0 Å². The molecule has 4 nitrogen and oxygen atoms in total. The number of thiophene rings is 1. The highest BCUT2D eigenvalue weighted by Gasteiger charge is 2.28. The van der Waals surface area contributed by atoms with Crippen LogP contribution in [0.5, 0.6) is 0 Å². The first-order valence-electron chi connectivity index (χ1n) is 9.20. The van der Waals surface area contributed by atoms with Gasteiger partial charge >= 0.3 is 5.97 Å². The zero-order valence-electron chi connectivity index (χ0n) is 15.8. The minimum atomic E-state index is -0.336. The lowest BCUT2D eigenvalue weighted by Gasteiger charge is -2.26. The van der Waals surface area contributed by atoms with Gasteiger partial charge in [-0.2, -0.15) is 0 Å². The fraction of sp³-hybridized carbons (Fsp3) is 0.217. The van der Waals surface area contributed by atoms with E-state index in [1.807, 2.05) is 48.8 Å². The molecule has 3 aromatic rings. The van der Waals surface area contributed by atoms with Gasteiger partial charge in [-0.15, -0.1) is 11.3 Å². The number of aryl methyl sites for hydroxylation is 1. The van der Waals surface area contributed by atoms with Crippen LogP contribution in [0, 0.1) is 6.92 Å². The lowest BCUT2D eigenvalue weighted by Crippen LogP contribution is -2.27. The number of fused-ring (bicyclic) bond motifs is 1. The first kappa shape index (κ1) is 18.4. The molecule has 0 fully saturated rings. The molecule has 0 saturated carbocycles. The molecule has 142 valence electrons. The summed E-state index contributed by atoms with van der Waals surface area (Å²) >= 11 is 1.66. The maximum atomic E-state index is 12.9. The maximum Gasteiger partial charge on any atom is 0.339 e. The van der Waals surface area contributed by atoms with Crippen LogP contribution in [0.25, 0.3) is 0 Å². The van der Waals surface area contributed by atoms with Gasteiger partial charge in [-0.1, -0.05) is 30.3 Å². The SMILES string of the molecule is Cc1ccsc1CN(C)C(=O)c1ccc2c(c1)C[C@H](c1ccccc1)OC2=O. The number of amides is 1. The van der Waals surface area contributed by atoms with E-state index in [-0.39, 0.29) is 18.0 Å². The van der Waals surface area contributed by atoms with Crippen molar-refractivity contribution in [1.29, 1.82) is 0 Å². The van der Waals surface area contributed by atoms with E-state index in [2.05, 4.69) is 13.0 Å². The molecule has 1 aliphatic rings. The number of carbonyl (C=O) groups is 2. The zero-order valence-corrected chi connectivity index (χ0v) is 16.7. The molecule has 28 heavy (non-hydrogen) atoms. The largest absolute Gasteiger partial charge is 0.454 e. The van der Waals surface area contributed by atoms with E-state index in [1.165, 1.54) is 10.4 Å². The number of esters is 1. The van der Waals surface area contributed by atoms with Crippen LogP contribution in [0.1, 0.15) is 48.4 Å². The molecule has 0 bridgehead atoms. The van der Waals surface area contributed by atoms with E-state index in [1.54, 1.807) is 28.4 Å². The first-order valence-corrected chi connectivity index (χ1v) is 10.1. The fourth-order valence-electron chi connectivity index (χ4n) is 3.46. The number of rotatable bonds is 4. The molecular weight excluding hydrogens is 370 g/mol. The Hall–Kier alpha value is -2.92. The van der Waals surface area contributed by atoms with Crippen LogP contribution in [0.4, 0.5) is 0 Å². The van der Waals surface area contributed by atoms with Crippen molar-refractivity contribution in [2.24, 2.45) is 0 Å². The lowest BCUT2D eigenvalue weighted by atomic mass is 9.93. The second-order valence-electron chi connectivity index (χ2n) is 7.07. The van der Waals surface area contributed by atoms with Gasteiger partial charge in [0.2, 0.25) is 0 Å². The Labute approximate surface area is 168 Å². The molecule has 4 rings (SSSR count). The highest BCUT2D eigenvalue weighted by atomic mass is 32.1. The standard InChI is InChI=1S/C23H21NO3S/c1-15-10-11-28-21(15)14-24(2)22(25)17-8-9-19-18(12-17)13-20(27-23(19)26)16-6-4-3-5-7-16/h3-12,20H,13-14H2,1-2H3/t20-/m1/s1. The van der Waals surface area contributed by atoms with Crippen LogP contribution in [0.15, 0.2) is 60.0 Å². The molecule has 1 atom stereocenters. The van der Waals surface area contributed by atoms with Crippen molar-refractivity contribution in [2.75, 3.05) is 7.05 Å². The second-order valence-corrected chi connectivity index (χ2v) is 8.07. The predicted molar refractivity (Wildman–Crippen MR) is 110 cm³/mol. The first-order chi connectivity index (χ1) is 13.5. The highest BCUT2D eigenvalue weighted by molar-refractivity contribution is 7.10. The summed E-state index contributed by atoms with van der Waals surface area (Å²) in [5.41, 5.74) is 4.15. The average molecular weight is 391 g/mol. The van der Waals surface area contributed by atoms with Crippen molar-refractivity contribution in [3.05, 3.63) is 92.7 Å². The van der Waals surface area contributed by atoms with Gasteiger partial charge in [0.15, 0.2) is 0 Å². The van der Waals surface area contributed by atoms with Gasteiger partial charge in [-0.25, -0.2) is 4.79 Å². The topological polar surface area (TPSA) is 46.6 Å². The van der Waals surface area contributed by atoms with Gasteiger partial charge in [0.1, 0.15) is 6.10 Å². The van der Waals surface area contributed by atoms with E-state index in [9.17, 15) is 9.59 Å². The summed E-state index contributed by atoms with van der Waals surface area (Å²) in [7, 11) is 1.81. The number of benzene rings is 2. The summed E-state index contributed by atoms with van der Waals surface area (Å²) in [6, 6.07) is 17.0. The van der Waals surface area contributed by atoms with Gasteiger partial charge in [0.25, 0.3) is 5.91 Å². The predicted octanol–water partition coefficient (Wildman–Crippen LogP) is 4.78. The second kappa shape index (κ2) is 7.60. The van der Waals surface area contributed by atoms with Crippen LogP contribution >= 0.6 is 11.3 Å². The molecular formula is C23H21NO3S. The maximum absolute atomic E-state index is 12.9. The Balaban J connectivity index is 1.57. The fourth-order valence-corrected chi connectivity index (χ4v) is 4.41. The third kappa shape index (κ3) is 3.58. The van der Waals surface area contributed by atoms with E-state index in [4.69, 9.17) is 4.74 Å². The highest BCUT2D eigenvalue weighted by Crippen LogP contribution is 2.31. The number of ether oxygens (including phenoxy) is 1. The summed E-state index contributed by atoms with van der Waals surface area (Å²) in [4.78, 5) is 28.2. The third-order valence-electron chi connectivity index (χ3n) is 5.09. The van der Waals surface area contributed by atoms with Crippen molar-refractivity contribution < 1.29 is 14.3 Å². The third-order valence-corrected chi connectivity index (χ3v) is 6.10. The Morgan fingerprint density at radius 3 is 2.68 bits per heavy atom. The number of nitrogens with zero attached hydrogens (tertiary/aromatic N) is 1. The number of hydrogen-bond donors (Lipinski definition) is 0. The Morgan fingerprint density at radius 1 is 1.18 bits per heavy atom. The summed E-state index contributed by atoms with van der Waals surface area (Å²) in [5, 5.41) is 2.04. The van der Waals surface area contributed by atoms with Crippen LogP contribution in [0.2, 0.25) is 0 Å². The number of carbonyl (C=O) groups excluding carboxylic acids is 2. The van der Waals surface area contributed by atoms with Crippen molar-refractivity contribution in [3.63, 3.8) is 0 Å². The smallest absolute Gasteiger partial charge is 0.339 e. The molecule has 0 unspecified atom stereocenters. The number of cyclic esters (lactones) is 1. The molecule has 0 N–H and O–H groups in total. The summed E-state index contributed by atoms with van der Waals surface area (Å²) in [6.07, 6.45) is 0.248. The molecule has 0 spiro atoms. The monoisotopic (exact) mass is 391 g/mol. The summed E-state index contributed by atoms with van der Waals surface area (Å²) < 4.78 is 5.60. The zero-order chi connectivity index (χ0) is 19.7. The average Bonchev–Trinajstić information content (AvgIpc) is 3.12. The van der Waals surface area contributed by atoms with Gasteiger partial charge in [0.05, 0.1) is 12.1 Å². The minimum absolute atomic E-state index is 0.0502. The molecule has 2 aromatic carbocycles. The molecule has 2 heterocycles. The Kier molecular flexibility index (Phi) is 5.01. The molecule has 1 aromatic heterocycles. The molecule has 1 amide bonds. The van der Waals surface area contributed by atoms with Crippen molar-refractivity contribution >= 4 is 23.2 Å². The summed E-state index contributed by atoms with van der Waals surface area (Å²) in [5.74, 6) is -0.387. The van der Waals surface area contributed by atoms with Crippen molar-refractivity contribution in [3.8, 4) is 0 Å². The van der Waals surface area contributed by atoms with Crippen LogP contribution < -0.4 is 0 Å². The van der Waals surface area contributed by atoms with Crippen LogP contribution in [-0.4, -0.2) is 23.8 Å². The summed E-state index contributed by atoms with van der Waals surface area (Å²) in [6.45, 7) is 2.63.